The van der Waals surface area contributed by atoms with E-state index in [2.05, 4.69) is 9.97 Å². The minimum absolute atomic E-state index is 0.0495. The van der Waals surface area contributed by atoms with E-state index in [-0.39, 0.29) is 18.4 Å². The zero-order chi connectivity index (χ0) is 16.2. The summed E-state index contributed by atoms with van der Waals surface area (Å²) in [5.74, 6) is 0.0495. The highest BCUT2D eigenvalue weighted by molar-refractivity contribution is 7.13. The van der Waals surface area contributed by atoms with E-state index < -0.39 is 6.10 Å². The molecule has 1 N–H and O–H groups in total. The molecule has 1 fully saturated rings. The molecule has 0 aliphatic carbocycles. The van der Waals surface area contributed by atoms with Gasteiger partial charge in [0.1, 0.15) is 5.01 Å². The second kappa shape index (κ2) is 7.19. The number of aromatic nitrogens is 2. The average Bonchev–Trinajstić information content (AvgIpc) is 3.04. The number of piperidine rings is 1. The molecule has 0 aromatic carbocycles. The van der Waals surface area contributed by atoms with Gasteiger partial charge in [-0.1, -0.05) is 6.07 Å². The largest absolute Gasteiger partial charge is 0.391 e. The van der Waals surface area contributed by atoms with Crippen molar-refractivity contribution in [1.29, 1.82) is 0 Å². The predicted molar refractivity (Wildman–Crippen MR) is 90.1 cm³/mol. The Morgan fingerprint density at radius 2 is 2.35 bits per heavy atom. The van der Waals surface area contributed by atoms with Crippen molar-refractivity contribution >= 4 is 17.2 Å². The molecule has 0 radical (unpaired) electrons. The highest BCUT2D eigenvalue weighted by Gasteiger charge is 2.30. The van der Waals surface area contributed by atoms with E-state index in [1.165, 1.54) is 11.3 Å². The van der Waals surface area contributed by atoms with Crippen LogP contribution >= 0.6 is 11.3 Å². The number of likely N-dealkylation sites (tertiary alicyclic amines) is 1. The van der Waals surface area contributed by atoms with Crippen molar-refractivity contribution in [1.82, 2.24) is 14.9 Å². The van der Waals surface area contributed by atoms with Crippen LogP contribution < -0.4 is 0 Å². The molecule has 23 heavy (non-hydrogen) atoms. The topological polar surface area (TPSA) is 66.3 Å². The standard InChI is InChI=1S/C17H21N3O2S/c1-12(21)15-7-3-5-9-20(15)16(22)10-13-11-23-17(19-13)14-6-2-4-8-18-14/h2,4,6,8,11-12,15,21H,3,5,7,9-10H2,1H3. The lowest BCUT2D eigenvalue weighted by Gasteiger charge is -2.37. The molecule has 1 aliphatic rings. The third-order valence-corrected chi connectivity index (χ3v) is 5.11. The number of rotatable bonds is 4. The molecular formula is C17H21N3O2S. The molecule has 0 bridgehead atoms. The Balaban J connectivity index is 1.69. The predicted octanol–water partition coefficient (Wildman–Crippen LogP) is 2.51. The molecular weight excluding hydrogens is 310 g/mol. The number of amides is 1. The first-order valence-corrected chi connectivity index (χ1v) is 8.86. The average molecular weight is 331 g/mol. The van der Waals surface area contributed by atoms with E-state index in [4.69, 9.17) is 0 Å². The van der Waals surface area contributed by atoms with Crippen molar-refractivity contribution in [3.05, 3.63) is 35.5 Å². The third-order valence-electron chi connectivity index (χ3n) is 4.19. The van der Waals surface area contributed by atoms with Gasteiger partial charge in [-0.05, 0) is 38.3 Å². The molecule has 2 atom stereocenters. The number of nitrogens with zero attached hydrogens (tertiary/aromatic N) is 3. The molecule has 5 nitrogen and oxygen atoms in total. The summed E-state index contributed by atoms with van der Waals surface area (Å²) in [7, 11) is 0. The minimum atomic E-state index is -0.487. The maximum atomic E-state index is 12.6. The summed E-state index contributed by atoms with van der Waals surface area (Å²) in [5, 5.41) is 12.7. The molecule has 2 aromatic heterocycles. The Labute approximate surface area is 140 Å². The zero-order valence-electron chi connectivity index (χ0n) is 13.2. The Kier molecular flexibility index (Phi) is 5.03. The molecule has 3 heterocycles. The van der Waals surface area contributed by atoms with Crippen LogP contribution in [0.5, 0.6) is 0 Å². The molecule has 122 valence electrons. The van der Waals surface area contributed by atoms with Crippen molar-refractivity contribution in [3.8, 4) is 10.7 Å². The number of aliphatic hydroxyl groups is 1. The van der Waals surface area contributed by atoms with Gasteiger partial charge < -0.3 is 10.0 Å². The van der Waals surface area contributed by atoms with E-state index in [1.54, 1.807) is 13.1 Å². The molecule has 3 rings (SSSR count). The number of thiazole rings is 1. The molecule has 1 saturated heterocycles. The van der Waals surface area contributed by atoms with Crippen LogP contribution in [0.4, 0.5) is 0 Å². The van der Waals surface area contributed by atoms with Crippen molar-refractivity contribution in [3.63, 3.8) is 0 Å². The normalized spacial score (nSPS) is 19.6. The summed E-state index contributed by atoms with van der Waals surface area (Å²) in [4.78, 5) is 23.2. The van der Waals surface area contributed by atoms with Gasteiger partial charge in [0, 0.05) is 18.1 Å². The van der Waals surface area contributed by atoms with Gasteiger partial charge in [-0.15, -0.1) is 11.3 Å². The second-order valence-electron chi connectivity index (χ2n) is 5.93. The van der Waals surface area contributed by atoms with Gasteiger partial charge in [0.25, 0.3) is 0 Å². The molecule has 2 unspecified atom stereocenters. The Hall–Kier alpha value is -1.79. The van der Waals surface area contributed by atoms with Crippen LogP contribution in [0.15, 0.2) is 29.8 Å². The van der Waals surface area contributed by atoms with Crippen LogP contribution in [0.3, 0.4) is 0 Å². The number of hydrogen-bond acceptors (Lipinski definition) is 5. The summed E-state index contributed by atoms with van der Waals surface area (Å²) in [6.07, 6.45) is 4.48. The number of carbonyl (C=O) groups excluding carboxylic acids is 1. The van der Waals surface area contributed by atoms with E-state index >= 15 is 0 Å². The fraction of sp³-hybridized carbons (Fsp3) is 0.471. The first-order valence-electron chi connectivity index (χ1n) is 7.98. The maximum Gasteiger partial charge on any atom is 0.228 e. The van der Waals surface area contributed by atoms with Crippen LogP contribution in [0, 0.1) is 0 Å². The van der Waals surface area contributed by atoms with Gasteiger partial charge >= 0.3 is 0 Å². The third kappa shape index (κ3) is 3.76. The number of carbonyl (C=O) groups is 1. The molecule has 6 heteroatoms. The number of hydrogen-bond donors (Lipinski definition) is 1. The monoisotopic (exact) mass is 331 g/mol. The van der Waals surface area contributed by atoms with Gasteiger partial charge in [0.05, 0.1) is 30.0 Å². The highest BCUT2D eigenvalue weighted by Crippen LogP contribution is 2.24. The number of aliphatic hydroxyl groups excluding tert-OH is 1. The lowest BCUT2D eigenvalue weighted by atomic mass is 9.97. The van der Waals surface area contributed by atoms with Crippen molar-refractivity contribution in [2.75, 3.05) is 6.54 Å². The Bertz CT molecular complexity index is 657. The first-order chi connectivity index (χ1) is 11.1. The summed E-state index contributed by atoms with van der Waals surface area (Å²) in [6, 6.07) is 5.65. The van der Waals surface area contributed by atoms with Crippen molar-refractivity contribution in [2.24, 2.45) is 0 Å². The minimum Gasteiger partial charge on any atom is -0.391 e. The van der Waals surface area contributed by atoms with Gasteiger partial charge in [-0.3, -0.25) is 9.78 Å². The van der Waals surface area contributed by atoms with Gasteiger partial charge in [0.15, 0.2) is 0 Å². The summed E-state index contributed by atoms with van der Waals surface area (Å²) < 4.78 is 0. The zero-order valence-corrected chi connectivity index (χ0v) is 14.0. The maximum absolute atomic E-state index is 12.6. The number of pyridine rings is 1. The quantitative estimate of drug-likeness (QED) is 0.935. The molecule has 2 aromatic rings. The second-order valence-corrected chi connectivity index (χ2v) is 6.78. The van der Waals surface area contributed by atoms with Crippen LogP contribution in [0.25, 0.3) is 10.7 Å². The Morgan fingerprint density at radius 1 is 1.48 bits per heavy atom. The van der Waals surface area contributed by atoms with Gasteiger partial charge in [-0.2, -0.15) is 0 Å². The smallest absolute Gasteiger partial charge is 0.228 e. The lowest BCUT2D eigenvalue weighted by molar-refractivity contribution is -0.137. The van der Waals surface area contributed by atoms with Crippen LogP contribution in [0.1, 0.15) is 31.9 Å². The summed E-state index contributed by atoms with van der Waals surface area (Å²) in [5.41, 5.74) is 1.60. The van der Waals surface area contributed by atoms with E-state index in [0.717, 1.165) is 42.2 Å². The highest BCUT2D eigenvalue weighted by atomic mass is 32.1. The van der Waals surface area contributed by atoms with Crippen molar-refractivity contribution < 1.29 is 9.90 Å². The van der Waals surface area contributed by atoms with E-state index in [9.17, 15) is 9.90 Å². The summed E-state index contributed by atoms with van der Waals surface area (Å²) >= 11 is 1.50. The van der Waals surface area contributed by atoms with Gasteiger partial charge in [0.2, 0.25) is 5.91 Å². The molecule has 0 saturated carbocycles. The van der Waals surface area contributed by atoms with Crippen LogP contribution in [-0.2, 0) is 11.2 Å². The fourth-order valence-electron chi connectivity index (χ4n) is 3.02. The molecule has 1 aliphatic heterocycles. The Morgan fingerprint density at radius 3 is 3.09 bits per heavy atom. The van der Waals surface area contributed by atoms with Crippen molar-refractivity contribution in [2.45, 2.75) is 44.8 Å². The van der Waals surface area contributed by atoms with Crippen LogP contribution in [-0.4, -0.2) is 44.6 Å². The van der Waals surface area contributed by atoms with E-state index in [0.29, 0.717) is 0 Å². The van der Waals surface area contributed by atoms with E-state index in [1.807, 2.05) is 28.5 Å². The van der Waals surface area contributed by atoms with Crippen LogP contribution in [0.2, 0.25) is 0 Å². The van der Waals surface area contributed by atoms with Gasteiger partial charge in [-0.25, -0.2) is 4.98 Å². The molecule has 1 amide bonds. The lowest BCUT2D eigenvalue weighted by Crippen LogP contribution is -2.49. The molecule has 0 spiro atoms. The SMILES string of the molecule is CC(O)C1CCCCN1C(=O)Cc1csc(-c2ccccn2)n1. The first kappa shape index (κ1) is 16.1. The summed E-state index contributed by atoms with van der Waals surface area (Å²) in [6.45, 7) is 2.49. The fourth-order valence-corrected chi connectivity index (χ4v) is 3.82.